The lowest BCUT2D eigenvalue weighted by Crippen LogP contribution is -2.63. The van der Waals surface area contributed by atoms with E-state index < -0.39 is 0 Å². The summed E-state index contributed by atoms with van der Waals surface area (Å²) in [4.78, 5) is 2.34. The average molecular weight is 327 g/mol. The van der Waals surface area contributed by atoms with Crippen molar-refractivity contribution < 1.29 is 4.39 Å². The van der Waals surface area contributed by atoms with Crippen LogP contribution in [0, 0.1) is 11.7 Å². The monoisotopic (exact) mass is 326 g/mol. The quantitative estimate of drug-likeness (QED) is 0.894. The van der Waals surface area contributed by atoms with E-state index in [0.29, 0.717) is 6.04 Å². The zero-order chi connectivity index (χ0) is 13.6. The van der Waals surface area contributed by atoms with Crippen molar-refractivity contribution in [3.63, 3.8) is 0 Å². The molecule has 2 nitrogen and oxygen atoms in total. The van der Waals surface area contributed by atoms with Crippen LogP contribution in [0.2, 0.25) is 0 Å². The van der Waals surface area contributed by atoms with E-state index in [-0.39, 0.29) is 11.4 Å². The van der Waals surface area contributed by atoms with Crippen molar-refractivity contribution in [2.24, 2.45) is 5.92 Å². The fourth-order valence-corrected chi connectivity index (χ4v) is 3.55. The third kappa shape index (κ3) is 2.52. The van der Waals surface area contributed by atoms with Crippen LogP contribution in [0.3, 0.4) is 0 Å². The maximum Gasteiger partial charge on any atom is 0.125 e. The lowest BCUT2D eigenvalue weighted by molar-refractivity contribution is 0.260. The normalized spacial score (nSPS) is 31.6. The van der Waals surface area contributed by atoms with Crippen LogP contribution >= 0.6 is 15.9 Å². The molecule has 0 bridgehead atoms. The molecule has 2 unspecified atom stereocenters. The molecule has 0 aromatic heterocycles. The van der Waals surface area contributed by atoms with E-state index in [4.69, 9.17) is 0 Å². The molecule has 4 heteroatoms. The van der Waals surface area contributed by atoms with E-state index in [2.05, 4.69) is 40.0 Å². The maximum absolute atomic E-state index is 13.5. The van der Waals surface area contributed by atoms with Crippen LogP contribution < -0.4 is 10.2 Å². The number of halogens is 2. The first-order valence-electron chi connectivity index (χ1n) is 6.96. The SMILES string of the molecule is CC1CNC(C)(C2CC2)CN1c1cc(F)ccc1Br. The van der Waals surface area contributed by atoms with E-state index in [9.17, 15) is 4.39 Å². The van der Waals surface area contributed by atoms with Crippen molar-refractivity contribution in [2.75, 3.05) is 18.0 Å². The third-order valence-electron chi connectivity index (χ3n) is 4.53. The summed E-state index contributed by atoms with van der Waals surface area (Å²) in [5, 5.41) is 3.69. The van der Waals surface area contributed by atoms with Gasteiger partial charge in [-0.1, -0.05) is 0 Å². The van der Waals surface area contributed by atoms with E-state index in [1.807, 2.05) is 0 Å². The fraction of sp³-hybridized carbons (Fsp3) is 0.600. The van der Waals surface area contributed by atoms with E-state index in [1.54, 1.807) is 12.1 Å². The summed E-state index contributed by atoms with van der Waals surface area (Å²) in [5.41, 5.74) is 1.14. The smallest absolute Gasteiger partial charge is 0.125 e. The number of hydrogen-bond acceptors (Lipinski definition) is 2. The molecular formula is C15H20BrFN2. The lowest BCUT2D eigenvalue weighted by Gasteiger charge is -2.47. The molecule has 1 N–H and O–H groups in total. The summed E-state index contributed by atoms with van der Waals surface area (Å²) in [6, 6.07) is 5.32. The van der Waals surface area contributed by atoms with Crippen LogP contribution in [0.25, 0.3) is 0 Å². The van der Waals surface area contributed by atoms with Crippen molar-refractivity contribution in [3.05, 3.63) is 28.5 Å². The molecule has 2 atom stereocenters. The highest BCUT2D eigenvalue weighted by Gasteiger charge is 2.45. The summed E-state index contributed by atoms with van der Waals surface area (Å²) in [6.45, 7) is 6.39. The molecule has 0 amide bonds. The lowest BCUT2D eigenvalue weighted by atomic mass is 9.91. The Morgan fingerprint density at radius 3 is 2.84 bits per heavy atom. The minimum atomic E-state index is -0.169. The van der Waals surface area contributed by atoms with Crippen LogP contribution in [0.5, 0.6) is 0 Å². The van der Waals surface area contributed by atoms with Crippen molar-refractivity contribution in [3.8, 4) is 0 Å². The predicted octanol–water partition coefficient (Wildman–Crippen LogP) is 3.56. The van der Waals surface area contributed by atoms with Crippen LogP contribution in [0.4, 0.5) is 10.1 Å². The number of piperazine rings is 1. The summed E-state index contributed by atoms with van der Waals surface area (Å²) in [5.74, 6) is 0.604. The van der Waals surface area contributed by atoms with Gasteiger partial charge in [-0.15, -0.1) is 0 Å². The molecule has 104 valence electrons. The molecule has 0 spiro atoms. The molecule has 1 aliphatic carbocycles. The van der Waals surface area contributed by atoms with Crippen molar-refractivity contribution in [1.82, 2.24) is 5.32 Å². The second-order valence-electron chi connectivity index (χ2n) is 6.15. The first-order chi connectivity index (χ1) is 8.99. The number of benzene rings is 1. The Morgan fingerprint density at radius 1 is 1.42 bits per heavy atom. The Kier molecular flexibility index (Phi) is 3.34. The van der Waals surface area contributed by atoms with Gasteiger partial charge in [0.25, 0.3) is 0 Å². The number of anilines is 1. The fourth-order valence-electron chi connectivity index (χ4n) is 3.08. The summed E-state index contributed by atoms with van der Waals surface area (Å²) < 4.78 is 14.5. The first-order valence-corrected chi connectivity index (χ1v) is 7.75. The van der Waals surface area contributed by atoms with E-state index in [1.165, 1.54) is 18.9 Å². The number of hydrogen-bond donors (Lipinski definition) is 1. The minimum absolute atomic E-state index is 0.165. The zero-order valence-electron chi connectivity index (χ0n) is 11.4. The van der Waals surface area contributed by atoms with Gasteiger partial charge in [-0.3, -0.25) is 0 Å². The molecule has 1 heterocycles. The predicted molar refractivity (Wildman–Crippen MR) is 80.0 cm³/mol. The summed E-state index contributed by atoms with van der Waals surface area (Å²) in [7, 11) is 0. The molecule has 2 fully saturated rings. The second-order valence-corrected chi connectivity index (χ2v) is 7.00. The Labute approximate surface area is 122 Å². The highest BCUT2D eigenvalue weighted by molar-refractivity contribution is 9.10. The van der Waals surface area contributed by atoms with E-state index >= 15 is 0 Å². The Morgan fingerprint density at radius 2 is 2.16 bits per heavy atom. The number of rotatable bonds is 2. The highest BCUT2D eigenvalue weighted by atomic mass is 79.9. The van der Waals surface area contributed by atoms with Gasteiger partial charge in [0.1, 0.15) is 5.82 Å². The van der Waals surface area contributed by atoms with Gasteiger partial charge >= 0.3 is 0 Å². The summed E-state index contributed by atoms with van der Waals surface area (Å²) >= 11 is 3.55. The molecule has 19 heavy (non-hydrogen) atoms. The van der Waals surface area contributed by atoms with Gasteiger partial charge in [0.05, 0.1) is 5.69 Å². The van der Waals surface area contributed by atoms with E-state index in [0.717, 1.165) is 29.2 Å². The van der Waals surface area contributed by atoms with Crippen LogP contribution in [-0.4, -0.2) is 24.7 Å². The van der Waals surface area contributed by atoms with Crippen molar-refractivity contribution >= 4 is 21.6 Å². The molecule has 1 aliphatic heterocycles. The van der Waals surface area contributed by atoms with Crippen molar-refractivity contribution in [1.29, 1.82) is 0 Å². The van der Waals surface area contributed by atoms with Gasteiger partial charge in [0, 0.05) is 29.1 Å². The Bertz CT molecular complexity index is 489. The highest BCUT2D eigenvalue weighted by Crippen LogP contribution is 2.42. The zero-order valence-corrected chi connectivity index (χ0v) is 13.0. The van der Waals surface area contributed by atoms with Gasteiger partial charge in [-0.2, -0.15) is 0 Å². The largest absolute Gasteiger partial charge is 0.365 e. The maximum atomic E-state index is 13.5. The van der Waals surface area contributed by atoms with Gasteiger partial charge in [-0.25, -0.2) is 4.39 Å². The van der Waals surface area contributed by atoms with Crippen molar-refractivity contribution in [2.45, 2.75) is 38.3 Å². The van der Waals surface area contributed by atoms with Gasteiger partial charge in [-0.05, 0) is 66.7 Å². The van der Waals surface area contributed by atoms with Crippen LogP contribution in [0.1, 0.15) is 26.7 Å². The van der Waals surface area contributed by atoms with Gasteiger partial charge in [0.2, 0.25) is 0 Å². The third-order valence-corrected chi connectivity index (χ3v) is 5.20. The van der Waals surface area contributed by atoms with Gasteiger partial charge < -0.3 is 10.2 Å². The topological polar surface area (TPSA) is 15.3 Å². The average Bonchev–Trinajstić information content (AvgIpc) is 3.20. The van der Waals surface area contributed by atoms with Gasteiger partial charge in [0.15, 0.2) is 0 Å². The molecule has 1 aromatic carbocycles. The second kappa shape index (κ2) is 4.74. The van der Waals surface area contributed by atoms with Crippen LogP contribution in [0.15, 0.2) is 22.7 Å². The first kappa shape index (κ1) is 13.4. The molecule has 0 radical (unpaired) electrons. The molecule has 1 saturated heterocycles. The molecule has 1 saturated carbocycles. The van der Waals surface area contributed by atoms with Crippen LogP contribution in [-0.2, 0) is 0 Å². The Hall–Kier alpha value is -0.610. The molecular weight excluding hydrogens is 307 g/mol. The number of nitrogens with zero attached hydrogens (tertiary/aromatic N) is 1. The molecule has 3 rings (SSSR count). The molecule has 2 aliphatic rings. The molecule has 1 aromatic rings. The summed E-state index contributed by atoms with van der Waals surface area (Å²) in [6.07, 6.45) is 2.63. The standard InChI is InChI=1S/C15H20BrFN2/c1-10-8-18-15(2,11-3-4-11)9-19(10)14-7-12(17)5-6-13(14)16/h5-7,10-11,18H,3-4,8-9H2,1-2H3. The minimum Gasteiger partial charge on any atom is -0.365 e. The Balaban J connectivity index is 1.90. The number of nitrogens with one attached hydrogen (secondary N) is 1.